The molecule has 0 spiro atoms. The highest BCUT2D eigenvalue weighted by Gasteiger charge is 2.18. The molecule has 0 aliphatic carbocycles. The van der Waals surface area contributed by atoms with Gasteiger partial charge in [0, 0.05) is 18.8 Å². The van der Waals surface area contributed by atoms with Gasteiger partial charge in [-0.3, -0.25) is 14.2 Å². The van der Waals surface area contributed by atoms with Crippen molar-refractivity contribution in [3.63, 3.8) is 0 Å². The van der Waals surface area contributed by atoms with Crippen molar-refractivity contribution in [2.45, 2.75) is 31.5 Å². The van der Waals surface area contributed by atoms with Crippen LogP contribution in [0.2, 0.25) is 0 Å². The number of nitrogens with zero attached hydrogens (tertiary/aromatic N) is 3. The highest BCUT2D eigenvalue weighted by Crippen LogP contribution is 2.23. The molecule has 3 aromatic rings. The van der Waals surface area contributed by atoms with Crippen LogP contribution in [-0.4, -0.2) is 28.3 Å². The summed E-state index contributed by atoms with van der Waals surface area (Å²) in [7, 11) is 1.76. The van der Waals surface area contributed by atoms with Crippen molar-refractivity contribution >= 4 is 34.3 Å². The Morgan fingerprint density at radius 3 is 2.52 bits per heavy atom. The van der Waals surface area contributed by atoms with Crippen molar-refractivity contribution in [1.29, 1.82) is 0 Å². The Kier molecular flexibility index (Phi) is 5.96. The number of fused-ring (bicyclic) bond motifs is 1. The lowest BCUT2D eigenvalue weighted by atomic mass is 10.2. The standard InChI is InChI=1S/C21H23N3O2S/c1-4-15(2)24-20(26)17-12-8-9-13-18(17)22-21(24)27-14-19(25)23(3)16-10-6-5-7-11-16/h5-13,15H,4,14H2,1-3H3/t15-/m1/s1. The summed E-state index contributed by atoms with van der Waals surface area (Å²) in [6, 6.07) is 16.9. The lowest BCUT2D eigenvalue weighted by molar-refractivity contribution is -0.115. The topological polar surface area (TPSA) is 55.2 Å². The predicted molar refractivity (Wildman–Crippen MR) is 112 cm³/mol. The molecule has 1 aromatic heterocycles. The molecule has 1 atom stereocenters. The SMILES string of the molecule is CC[C@@H](C)n1c(SCC(=O)N(C)c2ccccc2)nc2ccccc2c1=O. The van der Waals surface area contributed by atoms with E-state index in [2.05, 4.69) is 4.98 Å². The molecule has 0 radical (unpaired) electrons. The van der Waals surface area contributed by atoms with E-state index < -0.39 is 0 Å². The summed E-state index contributed by atoms with van der Waals surface area (Å²) >= 11 is 1.31. The largest absolute Gasteiger partial charge is 0.315 e. The molecule has 0 bridgehead atoms. The van der Waals surface area contributed by atoms with E-state index in [9.17, 15) is 9.59 Å². The number of rotatable bonds is 6. The highest BCUT2D eigenvalue weighted by atomic mass is 32.2. The fourth-order valence-electron chi connectivity index (χ4n) is 2.82. The normalized spacial score (nSPS) is 12.1. The van der Waals surface area contributed by atoms with E-state index in [0.29, 0.717) is 16.1 Å². The van der Waals surface area contributed by atoms with Crippen LogP contribution in [0.25, 0.3) is 10.9 Å². The number of anilines is 1. The van der Waals surface area contributed by atoms with E-state index in [-0.39, 0.29) is 23.3 Å². The first-order valence-electron chi connectivity index (χ1n) is 8.98. The third kappa shape index (κ3) is 4.06. The maximum absolute atomic E-state index is 13.0. The van der Waals surface area contributed by atoms with Crippen LogP contribution in [0.4, 0.5) is 5.69 Å². The molecule has 3 rings (SSSR count). The molecule has 0 N–H and O–H groups in total. The molecule has 0 saturated carbocycles. The predicted octanol–water partition coefficient (Wildman–Crippen LogP) is 4.12. The van der Waals surface area contributed by atoms with Gasteiger partial charge in [0.05, 0.1) is 16.7 Å². The van der Waals surface area contributed by atoms with Crippen molar-refractivity contribution in [2.75, 3.05) is 17.7 Å². The van der Waals surface area contributed by atoms with Gasteiger partial charge in [-0.1, -0.05) is 49.0 Å². The monoisotopic (exact) mass is 381 g/mol. The molecule has 140 valence electrons. The van der Waals surface area contributed by atoms with Gasteiger partial charge in [0.1, 0.15) is 0 Å². The third-order valence-electron chi connectivity index (χ3n) is 4.65. The number of carbonyl (C=O) groups is 1. The summed E-state index contributed by atoms with van der Waals surface area (Å²) in [5.41, 5.74) is 1.45. The van der Waals surface area contributed by atoms with E-state index in [0.717, 1.165) is 12.1 Å². The summed E-state index contributed by atoms with van der Waals surface area (Å²) in [6.07, 6.45) is 0.811. The first-order valence-corrected chi connectivity index (χ1v) is 9.97. The smallest absolute Gasteiger partial charge is 0.262 e. The molecule has 1 heterocycles. The molecular formula is C21H23N3O2S. The maximum atomic E-state index is 13.0. The van der Waals surface area contributed by atoms with Crippen molar-refractivity contribution in [3.05, 3.63) is 65.0 Å². The maximum Gasteiger partial charge on any atom is 0.262 e. The Morgan fingerprint density at radius 1 is 1.15 bits per heavy atom. The van der Waals surface area contributed by atoms with Crippen LogP contribution in [0.3, 0.4) is 0 Å². The van der Waals surface area contributed by atoms with E-state index in [4.69, 9.17) is 0 Å². The highest BCUT2D eigenvalue weighted by molar-refractivity contribution is 7.99. The second-order valence-corrected chi connectivity index (χ2v) is 7.36. The van der Waals surface area contributed by atoms with Gasteiger partial charge in [-0.25, -0.2) is 4.98 Å². The van der Waals surface area contributed by atoms with Crippen LogP contribution in [-0.2, 0) is 4.79 Å². The molecule has 6 heteroatoms. The summed E-state index contributed by atoms with van der Waals surface area (Å²) in [6.45, 7) is 4.04. The van der Waals surface area contributed by atoms with Crippen LogP contribution in [0.15, 0.2) is 64.5 Å². The molecule has 2 aromatic carbocycles. The van der Waals surface area contributed by atoms with Crippen LogP contribution in [0.5, 0.6) is 0 Å². The summed E-state index contributed by atoms with van der Waals surface area (Å²) in [5.74, 6) is 0.177. The zero-order chi connectivity index (χ0) is 19.4. The zero-order valence-electron chi connectivity index (χ0n) is 15.8. The first-order chi connectivity index (χ1) is 13.0. The number of amides is 1. The number of para-hydroxylation sites is 2. The van der Waals surface area contributed by atoms with Gasteiger partial charge in [-0.2, -0.15) is 0 Å². The van der Waals surface area contributed by atoms with Crippen molar-refractivity contribution in [3.8, 4) is 0 Å². The Morgan fingerprint density at radius 2 is 1.81 bits per heavy atom. The Hall–Kier alpha value is -2.60. The lowest BCUT2D eigenvalue weighted by Crippen LogP contribution is -2.29. The van der Waals surface area contributed by atoms with Gasteiger partial charge in [-0.15, -0.1) is 0 Å². The summed E-state index contributed by atoms with van der Waals surface area (Å²) < 4.78 is 1.71. The summed E-state index contributed by atoms with van der Waals surface area (Å²) in [5, 5.41) is 1.19. The number of carbonyl (C=O) groups excluding carboxylic acids is 1. The fourth-order valence-corrected chi connectivity index (χ4v) is 3.83. The summed E-state index contributed by atoms with van der Waals surface area (Å²) in [4.78, 5) is 31.9. The van der Waals surface area contributed by atoms with Gasteiger partial charge in [-0.05, 0) is 37.6 Å². The molecule has 0 saturated heterocycles. The van der Waals surface area contributed by atoms with Crippen molar-refractivity contribution in [1.82, 2.24) is 9.55 Å². The van der Waals surface area contributed by atoms with E-state index in [1.165, 1.54) is 11.8 Å². The quantitative estimate of drug-likeness (QED) is 0.476. The van der Waals surface area contributed by atoms with Crippen LogP contribution in [0, 0.1) is 0 Å². The van der Waals surface area contributed by atoms with Crippen LogP contribution in [0.1, 0.15) is 26.3 Å². The number of benzene rings is 2. The molecule has 0 unspecified atom stereocenters. The Labute approximate surface area is 163 Å². The number of thioether (sulfide) groups is 1. The fraction of sp³-hybridized carbons (Fsp3) is 0.286. The molecular weight excluding hydrogens is 358 g/mol. The van der Waals surface area contributed by atoms with Gasteiger partial charge >= 0.3 is 0 Å². The van der Waals surface area contributed by atoms with Gasteiger partial charge in [0.25, 0.3) is 5.56 Å². The Balaban J connectivity index is 1.90. The lowest BCUT2D eigenvalue weighted by Gasteiger charge is -2.20. The van der Waals surface area contributed by atoms with E-state index in [1.807, 2.05) is 62.4 Å². The minimum atomic E-state index is -0.0543. The van der Waals surface area contributed by atoms with Crippen LogP contribution < -0.4 is 10.5 Å². The average Bonchev–Trinajstić information content (AvgIpc) is 2.71. The molecule has 27 heavy (non-hydrogen) atoms. The van der Waals surface area contributed by atoms with Gasteiger partial charge < -0.3 is 4.90 Å². The first kappa shape index (κ1) is 19.2. The van der Waals surface area contributed by atoms with Gasteiger partial charge in [0.15, 0.2) is 5.16 Å². The molecule has 0 aliphatic rings. The molecule has 0 fully saturated rings. The second kappa shape index (κ2) is 8.39. The van der Waals surface area contributed by atoms with Crippen molar-refractivity contribution in [2.24, 2.45) is 0 Å². The molecule has 5 nitrogen and oxygen atoms in total. The third-order valence-corrected chi connectivity index (χ3v) is 5.59. The van der Waals surface area contributed by atoms with Gasteiger partial charge in [0.2, 0.25) is 5.91 Å². The average molecular weight is 382 g/mol. The number of hydrogen-bond donors (Lipinski definition) is 0. The molecule has 0 aliphatic heterocycles. The van der Waals surface area contributed by atoms with Crippen molar-refractivity contribution < 1.29 is 4.79 Å². The number of hydrogen-bond acceptors (Lipinski definition) is 4. The minimum absolute atomic E-state index is 0.0130. The second-order valence-electron chi connectivity index (χ2n) is 6.42. The van der Waals surface area contributed by atoms with E-state index in [1.54, 1.807) is 22.6 Å². The zero-order valence-corrected chi connectivity index (χ0v) is 16.6. The molecule has 1 amide bonds. The Bertz CT molecular complexity index is 1000. The van der Waals surface area contributed by atoms with Crippen LogP contribution >= 0.6 is 11.8 Å². The number of aromatic nitrogens is 2. The minimum Gasteiger partial charge on any atom is -0.315 e. The van der Waals surface area contributed by atoms with E-state index >= 15 is 0 Å².